The Morgan fingerprint density at radius 2 is 2.00 bits per heavy atom. The van der Waals surface area contributed by atoms with E-state index in [9.17, 15) is 29.1 Å². The number of amides is 2. The van der Waals surface area contributed by atoms with E-state index in [0.29, 0.717) is 18.6 Å². The molecule has 14 nitrogen and oxygen atoms in total. The molecular weight excluding hydrogens is 473 g/mol. The first kappa shape index (κ1) is 27.6. The Bertz CT molecular complexity index is 1160. The van der Waals surface area contributed by atoms with Crippen molar-refractivity contribution in [2.45, 2.75) is 24.9 Å². The average Bonchev–Trinajstić information content (AvgIpc) is 2.79. The molecule has 0 saturated carbocycles. The van der Waals surface area contributed by atoms with Crippen LogP contribution in [0.25, 0.3) is 0 Å². The standard InChI is InChI=1S/C20H23N7O7.Na/c21-20-25-16-15(18(32)26-20)27(9-28)12(8-23-16)7-22-11-3-1-10(2-4-11)17(31)24-13(19(33)34)5-6-14(29)30;/h1-4,9,12-13,22H,5-8H2,(H,24,31)(H,29,30)(H,33,34)(H4,21,23,25,26,32);/q;+1/p-1. The fraction of sp³-hybridized carbons (Fsp3) is 0.300. The molecule has 2 amide bonds. The second-order valence-corrected chi connectivity index (χ2v) is 7.43. The first-order chi connectivity index (χ1) is 16.2. The number of nitrogens with two attached hydrogens (primary N) is 1. The molecule has 1 aromatic carbocycles. The van der Waals surface area contributed by atoms with Crippen molar-refractivity contribution in [1.82, 2.24) is 15.3 Å². The second-order valence-electron chi connectivity index (χ2n) is 7.43. The minimum Gasteiger partial charge on any atom is -0.550 e. The number of carboxylic acids is 2. The quantitative estimate of drug-likeness (QED) is 0.135. The second kappa shape index (κ2) is 12.2. The molecule has 3 rings (SSSR count). The molecule has 0 spiro atoms. The normalized spacial score (nSPS) is 15.0. The molecule has 1 aliphatic heterocycles. The van der Waals surface area contributed by atoms with Gasteiger partial charge in [0.1, 0.15) is 6.04 Å². The van der Waals surface area contributed by atoms with Crippen LogP contribution in [-0.2, 0) is 14.4 Å². The molecular formula is C20H22N7NaO7. The van der Waals surface area contributed by atoms with Gasteiger partial charge in [0.2, 0.25) is 12.4 Å². The number of anilines is 4. The van der Waals surface area contributed by atoms with Crippen LogP contribution in [0.3, 0.4) is 0 Å². The van der Waals surface area contributed by atoms with Crippen molar-refractivity contribution in [3.8, 4) is 0 Å². The number of fused-ring (bicyclic) bond motifs is 1. The summed E-state index contributed by atoms with van der Waals surface area (Å²) < 4.78 is 0. The Kier molecular flexibility index (Phi) is 9.62. The minimum atomic E-state index is -1.41. The maximum atomic E-state index is 12.3. The number of carbonyl (C=O) groups excluding carboxylic acids is 3. The molecule has 2 heterocycles. The van der Waals surface area contributed by atoms with E-state index < -0.39 is 41.9 Å². The van der Waals surface area contributed by atoms with Gasteiger partial charge in [0.15, 0.2) is 11.5 Å². The third kappa shape index (κ3) is 6.94. The first-order valence-corrected chi connectivity index (χ1v) is 10.1. The number of aliphatic carboxylic acids is 2. The molecule has 1 aromatic heterocycles. The van der Waals surface area contributed by atoms with Gasteiger partial charge in [0.25, 0.3) is 11.5 Å². The number of nitrogen functional groups attached to an aromatic ring is 1. The van der Waals surface area contributed by atoms with Crippen molar-refractivity contribution in [3.05, 3.63) is 40.2 Å². The number of carbonyl (C=O) groups is 4. The smallest absolute Gasteiger partial charge is 0.550 e. The summed E-state index contributed by atoms with van der Waals surface area (Å²) in [7, 11) is 0. The monoisotopic (exact) mass is 495 g/mol. The fourth-order valence-corrected chi connectivity index (χ4v) is 3.39. The van der Waals surface area contributed by atoms with E-state index in [4.69, 9.17) is 10.8 Å². The van der Waals surface area contributed by atoms with Crippen molar-refractivity contribution >= 4 is 47.4 Å². The number of carboxylic acid groups (broad SMARTS) is 2. The zero-order chi connectivity index (χ0) is 24.8. The van der Waals surface area contributed by atoms with E-state index in [2.05, 4.69) is 25.9 Å². The van der Waals surface area contributed by atoms with E-state index in [1.807, 2.05) is 0 Å². The number of aromatic amines is 1. The molecule has 0 saturated heterocycles. The Hall–Kier alpha value is -3.62. The van der Waals surface area contributed by atoms with Crippen LogP contribution in [0.1, 0.15) is 23.2 Å². The molecule has 35 heavy (non-hydrogen) atoms. The van der Waals surface area contributed by atoms with Gasteiger partial charge >= 0.3 is 35.5 Å². The van der Waals surface area contributed by atoms with Crippen LogP contribution in [-0.4, -0.2) is 64.5 Å². The van der Waals surface area contributed by atoms with Gasteiger partial charge in [0.05, 0.1) is 6.04 Å². The summed E-state index contributed by atoms with van der Waals surface area (Å²) in [6, 6.07) is 4.27. The Morgan fingerprint density at radius 3 is 2.60 bits per heavy atom. The summed E-state index contributed by atoms with van der Waals surface area (Å²) in [6.07, 6.45) is -0.278. The van der Waals surface area contributed by atoms with E-state index >= 15 is 0 Å². The topological polar surface area (TPSA) is 223 Å². The Morgan fingerprint density at radius 1 is 1.31 bits per heavy atom. The Balaban J connectivity index is 0.00000432. The zero-order valence-corrected chi connectivity index (χ0v) is 20.7. The maximum Gasteiger partial charge on any atom is 1.00 e. The maximum absolute atomic E-state index is 12.3. The molecule has 2 unspecified atom stereocenters. The van der Waals surface area contributed by atoms with Crippen LogP contribution < -0.4 is 66.8 Å². The third-order valence-corrected chi connectivity index (χ3v) is 5.11. The number of hydrogen-bond donors (Lipinski definition) is 6. The largest absolute Gasteiger partial charge is 1.00 e. The summed E-state index contributed by atoms with van der Waals surface area (Å²) in [4.78, 5) is 65.6. The van der Waals surface area contributed by atoms with Crippen LogP contribution in [0, 0.1) is 0 Å². The Labute approximate surface area is 220 Å². The van der Waals surface area contributed by atoms with Crippen molar-refractivity contribution in [2.75, 3.05) is 34.4 Å². The first-order valence-electron chi connectivity index (χ1n) is 10.1. The molecule has 2 atom stereocenters. The molecule has 180 valence electrons. The number of H-pyrrole nitrogens is 1. The van der Waals surface area contributed by atoms with Gasteiger partial charge in [-0.3, -0.25) is 19.4 Å². The van der Waals surface area contributed by atoms with Gasteiger partial charge in [-0.15, -0.1) is 0 Å². The van der Waals surface area contributed by atoms with Crippen molar-refractivity contribution < 1.29 is 58.9 Å². The molecule has 2 aromatic rings. The summed E-state index contributed by atoms with van der Waals surface area (Å²) in [6.45, 7) is 0.558. The van der Waals surface area contributed by atoms with Gasteiger partial charge in [0, 0.05) is 30.3 Å². The summed E-state index contributed by atoms with van der Waals surface area (Å²) >= 11 is 0. The van der Waals surface area contributed by atoms with Crippen LogP contribution in [0.4, 0.5) is 23.1 Å². The number of hydrogen-bond acceptors (Lipinski definition) is 10. The molecule has 0 bridgehead atoms. The molecule has 0 radical (unpaired) electrons. The molecule has 0 fully saturated rings. The number of rotatable bonds is 10. The van der Waals surface area contributed by atoms with Crippen molar-refractivity contribution in [2.24, 2.45) is 0 Å². The predicted molar refractivity (Wildman–Crippen MR) is 118 cm³/mol. The predicted octanol–water partition coefficient (Wildman–Crippen LogP) is -5.06. The number of benzene rings is 1. The summed E-state index contributed by atoms with van der Waals surface area (Å²) in [5.41, 5.74) is 5.80. The van der Waals surface area contributed by atoms with Crippen molar-refractivity contribution in [3.63, 3.8) is 0 Å². The summed E-state index contributed by atoms with van der Waals surface area (Å²) in [5, 5.41) is 28.0. The van der Waals surface area contributed by atoms with Crippen LogP contribution in [0.15, 0.2) is 29.1 Å². The minimum absolute atomic E-state index is 0. The molecule has 15 heteroatoms. The van der Waals surface area contributed by atoms with E-state index in [1.165, 1.54) is 17.0 Å². The molecule has 7 N–H and O–H groups in total. The van der Waals surface area contributed by atoms with Crippen LogP contribution in [0.5, 0.6) is 0 Å². The van der Waals surface area contributed by atoms with E-state index in [-0.39, 0.29) is 65.5 Å². The number of nitrogens with zero attached hydrogens (tertiary/aromatic N) is 2. The van der Waals surface area contributed by atoms with Gasteiger partial charge in [-0.05, 0) is 37.1 Å². The summed E-state index contributed by atoms with van der Waals surface area (Å²) in [5.74, 6) is -3.31. The number of aromatic nitrogens is 2. The van der Waals surface area contributed by atoms with Gasteiger partial charge in [-0.2, -0.15) is 4.98 Å². The average molecular weight is 495 g/mol. The fourth-order valence-electron chi connectivity index (χ4n) is 3.39. The van der Waals surface area contributed by atoms with Crippen LogP contribution >= 0.6 is 0 Å². The number of nitrogens with one attached hydrogen (secondary N) is 4. The third-order valence-electron chi connectivity index (χ3n) is 5.11. The SMILES string of the molecule is Nc1nc2c(c(=O)[nH]1)N(C=O)C(CNc1ccc(C(=O)NC(CCC(=O)[O-])C(=O)O)cc1)CN2.[Na+]. The van der Waals surface area contributed by atoms with E-state index in [1.54, 1.807) is 12.1 Å². The van der Waals surface area contributed by atoms with Gasteiger partial charge in [-0.1, -0.05) is 0 Å². The van der Waals surface area contributed by atoms with E-state index in [0.717, 1.165) is 0 Å². The zero-order valence-electron chi connectivity index (χ0n) is 18.7. The van der Waals surface area contributed by atoms with Gasteiger partial charge in [-0.25, -0.2) is 4.79 Å². The van der Waals surface area contributed by atoms with Gasteiger partial charge < -0.3 is 41.6 Å². The molecule has 0 aliphatic carbocycles. The molecule has 1 aliphatic rings. The van der Waals surface area contributed by atoms with Crippen molar-refractivity contribution in [1.29, 1.82) is 0 Å². The van der Waals surface area contributed by atoms with Crippen LogP contribution in [0.2, 0.25) is 0 Å².